The topological polar surface area (TPSA) is 38.2 Å². The predicted octanol–water partition coefficient (Wildman–Crippen LogP) is 2.55. The van der Waals surface area contributed by atoms with Gasteiger partial charge in [-0.1, -0.05) is 13.8 Å². The zero-order valence-corrected chi connectivity index (χ0v) is 14.2. The average Bonchev–Trinajstić information content (AvgIpc) is 2.37. The van der Waals surface area contributed by atoms with E-state index in [1.165, 1.54) is 0 Å². The van der Waals surface area contributed by atoms with E-state index in [9.17, 15) is 0 Å². The van der Waals surface area contributed by atoms with Gasteiger partial charge in [0.25, 0.3) is 0 Å². The van der Waals surface area contributed by atoms with Crippen molar-refractivity contribution in [2.75, 3.05) is 31.2 Å². The third-order valence-electron chi connectivity index (χ3n) is 2.60. The van der Waals surface area contributed by atoms with Gasteiger partial charge in [-0.3, -0.25) is 0 Å². The van der Waals surface area contributed by atoms with Crippen LogP contribution in [0.1, 0.15) is 13.8 Å². The Morgan fingerprint density at radius 1 is 1.35 bits per heavy atom. The lowest BCUT2D eigenvalue weighted by molar-refractivity contribution is 0.0893. The lowest BCUT2D eigenvalue weighted by Gasteiger charge is -2.29. The molecule has 0 bridgehead atoms. The Bertz CT molecular complexity index is 391. The largest absolute Gasteiger partial charge is 0.379 e. The number of nitrogens with zero attached hydrogens (tertiary/aromatic N) is 3. The van der Waals surface area contributed by atoms with E-state index in [0.29, 0.717) is 0 Å². The maximum absolute atomic E-state index is 5.63. The fourth-order valence-corrected chi connectivity index (χ4v) is 3.38. The summed E-state index contributed by atoms with van der Waals surface area (Å²) in [6.45, 7) is 7.89. The predicted molar refractivity (Wildman–Crippen MR) is 84.3 cm³/mol. The van der Waals surface area contributed by atoms with Crippen LogP contribution in [0.4, 0.5) is 5.82 Å². The normalized spacial score (nSPS) is 20.1. The zero-order valence-electron chi connectivity index (χ0n) is 9.91. The number of anilines is 1. The fourth-order valence-electron chi connectivity index (χ4n) is 1.90. The van der Waals surface area contributed by atoms with Crippen molar-refractivity contribution in [3.8, 4) is 0 Å². The van der Waals surface area contributed by atoms with E-state index in [-0.39, 0.29) is 5.41 Å². The Labute approximate surface area is 129 Å². The second-order valence-corrected chi connectivity index (χ2v) is 7.03. The van der Waals surface area contributed by atoms with Crippen molar-refractivity contribution in [2.45, 2.75) is 13.8 Å². The molecule has 0 spiro atoms. The van der Waals surface area contributed by atoms with Crippen molar-refractivity contribution in [3.63, 3.8) is 0 Å². The molecule has 1 aromatic heterocycles. The summed E-state index contributed by atoms with van der Waals surface area (Å²) in [6.07, 6.45) is 0. The van der Waals surface area contributed by atoms with Gasteiger partial charge in [0, 0.05) is 47.2 Å². The average molecular weight is 459 g/mol. The van der Waals surface area contributed by atoms with E-state index in [4.69, 9.17) is 4.74 Å². The summed E-state index contributed by atoms with van der Waals surface area (Å²) in [6, 6.07) is 2.03. The highest BCUT2D eigenvalue weighted by atomic mass is 127. The van der Waals surface area contributed by atoms with Crippen LogP contribution >= 0.6 is 45.2 Å². The summed E-state index contributed by atoms with van der Waals surface area (Å²) >= 11 is 4.39. The molecular weight excluding hydrogens is 444 g/mol. The summed E-state index contributed by atoms with van der Waals surface area (Å²) < 4.78 is 7.42. The van der Waals surface area contributed by atoms with Gasteiger partial charge in [0.2, 0.25) is 0 Å². The molecule has 0 unspecified atom stereocenters. The van der Waals surface area contributed by atoms with Crippen LogP contribution in [0.5, 0.6) is 0 Å². The molecule has 1 aliphatic rings. The Balaban J connectivity index is 2.25. The Morgan fingerprint density at radius 3 is 2.82 bits per heavy atom. The molecular formula is C11H15I2N3O. The summed E-state index contributed by atoms with van der Waals surface area (Å²) in [5.41, 5.74) is 0.165. The van der Waals surface area contributed by atoms with E-state index in [1.807, 2.05) is 6.07 Å². The molecule has 1 aromatic rings. The first-order valence-corrected chi connectivity index (χ1v) is 7.65. The molecule has 0 N–H and O–H groups in total. The van der Waals surface area contributed by atoms with E-state index in [2.05, 4.69) is 73.9 Å². The first-order chi connectivity index (χ1) is 7.96. The molecule has 1 fully saturated rings. The van der Waals surface area contributed by atoms with Gasteiger partial charge >= 0.3 is 0 Å². The number of aromatic nitrogens is 2. The quantitative estimate of drug-likeness (QED) is 0.368. The smallest absolute Gasteiger partial charge is 0.193 e. The molecule has 4 nitrogen and oxygen atoms in total. The van der Waals surface area contributed by atoms with Crippen molar-refractivity contribution in [1.29, 1.82) is 0 Å². The molecule has 0 radical (unpaired) electrons. The minimum absolute atomic E-state index is 0.165. The molecule has 94 valence electrons. The Hall–Kier alpha value is 0.300. The highest BCUT2D eigenvalue weighted by Crippen LogP contribution is 2.24. The summed E-state index contributed by atoms with van der Waals surface area (Å²) in [5.74, 6) is 1.01. The van der Waals surface area contributed by atoms with Gasteiger partial charge in [-0.15, -0.1) is 0 Å². The van der Waals surface area contributed by atoms with Crippen molar-refractivity contribution in [2.24, 2.45) is 5.41 Å². The van der Waals surface area contributed by atoms with Crippen LogP contribution in [0.2, 0.25) is 0 Å². The van der Waals surface area contributed by atoms with Gasteiger partial charge in [-0.2, -0.15) is 0 Å². The minimum Gasteiger partial charge on any atom is -0.379 e. The van der Waals surface area contributed by atoms with Gasteiger partial charge in [0.15, 0.2) is 3.83 Å². The lowest BCUT2D eigenvalue weighted by atomic mass is 9.94. The van der Waals surface area contributed by atoms with E-state index in [1.54, 1.807) is 0 Å². The van der Waals surface area contributed by atoms with Crippen LogP contribution in [0.15, 0.2) is 6.07 Å². The summed E-state index contributed by atoms with van der Waals surface area (Å²) in [5, 5.41) is 0. The fraction of sp³-hybridized carbons (Fsp3) is 0.636. The van der Waals surface area contributed by atoms with Crippen molar-refractivity contribution in [3.05, 3.63) is 13.6 Å². The maximum Gasteiger partial charge on any atom is 0.193 e. The maximum atomic E-state index is 5.63. The molecule has 0 saturated carbocycles. The number of halogens is 2. The van der Waals surface area contributed by atoms with E-state index in [0.717, 1.165) is 39.7 Å². The molecule has 0 aromatic carbocycles. The highest BCUT2D eigenvalue weighted by Gasteiger charge is 2.26. The van der Waals surface area contributed by atoms with Gasteiger partial charge in [-0.05, 0) is 22.6 Å². The molecule has 2 rings (SSSR count). The van der Waals surface area contributed by atoms with E-state index >= 15 is 0 Å². The summed E-state index contributed by atoms with van der Waals surface area (Å²) in [4.78, 5) is 11.1. The molecule has 0 amide bonds. The van der Waals surface area contributed by atoms with Crippen LogP contribution in [0.25, 0.3) is 0 Å². The van der Waals surface area contributed by atoms with Gasteiger partial charge in [0.05, 0.1) is 13.2 Å². The second-order valence-electron chi connectivity index (χ2n) is 4.96. The number of ether oxygens (including phenoxy) is 1. The molecule has 0 atom stereocenters. The van der Waals surface area contributed by atoms with Gasteiger partial charge in [-0.25, -0.2) is 9.97 Å². The Morgan fingerprint density at radius 2 is 2.12 bits per heavy atom. The number of rotatable bonds is 1. The Kier molecular flexibility index (Phi) is 4.45. The number of hydrogen-bond donors (Lipinski definition) is 0. The van der Waals surface area contributed by atoms with Crippen molar-refractivity contribution < 1.29 is 4.74 Å². The standard InChI is InChI=1S/C11H15I2N3O/c1-11(2)6-16(3-4-17-7-11)9-5-8(12)14-10(13)15-9/h5H,3-4,6-7H2,1-2H3. The van der Waals surface area contributed by atoms with Gasteiger partial charge in [0.1, 0.15) is 9.52 Å². The third-order valence-corrected chi connectivity index (χ3v) is 3.63. The van der Waals surface area contributed by atoms with E-state index < -0.39 is 0 Å². The second kappa shape index (κ2) is 5.52. The first-order valence-electron chi connectivity index (χ1n) is 5.49. The van der Waals surface area contributed by atoms with Crippen LogP contribution in [0.3, 0.4) is 0 Å². The third kappa shape index (κ3) is 3.88. The zero-order chi connectivity index (χ0) is 12.5. The molecule has 2 heterocycles. The number of hydrogen-bond acceptors (Lipinski definition) is 4. The summed E-state index contributed by atoms with van der Waals surface area (Å²) in [7, 11) is 0. The lowest BCUT2D eigenvalue weighted by Crippen LogP contribution is -2.35. The first kappa shape index (κ1) is 13.7. The minimum atomic E-state index is 0.165. The van der Waals surface area contributed by atoms with Crippen LogP contribution in [-0.4, -0.2) is 36.3 Å². The molecule has 17 heavy (non-hydrogen) atoms. The van der Waals surface area contributed by atoms with Crippen molar-refractivity contribution >= 4 is 51.0 Å². The molecule has 1 aliphatic heterocycles. The molecule has 0 aliphatic carbocycles. The van der Waals surface area contributed by atoms with Crippen LogP contribution in [0, 0.1) is 12.9 Å². The molecule has 6 heteroatoms. The SMILES string of the molecule is CC1(C)COCCN(c2cc(I)nc(I)n2)C1. The monoisotopic (exact) mass is 459 g/mol. The van der Waals surface area contributed by atoms with Gasteiger partial charge < -0.3 is 9.64 Å². The van der Waals surface area contributed by atoms with Crippen molar-refractivity contribution in [1.82, 2.24) is 9.97 Å². The highest BCUT2D eigenvalue weighted by molar-refractivity contribution is 14.1. The van der Waals surface area contributed by atoms with Crippen LogP contribution < -0.4 is 4.90 Å². The molecule has 1 saturated heterocycles. The van der Waals surface area contributed by atoms with Crippen LogP contribution in [-0.2, 0) is 4.74 Å².